The highest BCUT2D eigenvalue weighted by molar-refractivity contribution is 5.65. The van der Waals surface area contributed by atoms with Gasteiger partial charge in [-0.25, -0.2) is 4.79 Å². The number of hydrogen-bond donors (Lipinski definition) is 2. The van der Waals surface area contributed by atoms with E-state index < -0.39 is 18.3 Å². The van der Waals surface area contributed by atoms with Gasteiger partial charge in [0.15, 0.2) is 0 Å². The topological polar surface area (TPSA) is 97.7 Å². The predicted molar refractivity (Wildman–Crippen MR) is 147 cm³/mol. The van der Waals surface area contributed by atoms with Gasteiger partial charge >= 0.3 is 6.09 Å². The van der Waals surface area contributed by atoms with Crippen LogP contribution in [0.1, 0.15) is 34.6 Å². The normalized spacial score (nSPS) is 19.1. The van der Waals surface area contributed by atoms with Crippen LogP contribution in [0, 0.1) is 6.92 Å². The smallest absolute Gasteiger partial charge is 0.407 e. The first kappa shape index (κ1) is 28.4. The Morgan fingerprint density at radius 1 is 0.949 bits per heavy atom. The zero-order chi connectivity index (χ0) is 27.6. The second-order valence-corrected chi connectivity index (χ2v) is 9.74. The molecule has 1 saturated heterocycles. The van der Waals surface area contributed by atoms with E-state index in [0.29, 0.717) is 26.4 Å². The number of hydrogen-bond acceptors (Lipinski definition) is 6. The molecule has 3 aromatic rings. The second kappa shape index (κ2) is 14.0. The Bertz CT molecular complexity index is 1190. The molecule has 0 aromatic heterocycles. The molecule has 0 bridgehead atoms. The van der Waals surface area contributed by atoms with E-state index in [1.165, 1.54) is 4.90 Å². The Kier molecular flexibility index (Phi) is 10.2. The molecule has 4 rings (SSSR count). The van der Waals surface area contributed by atoms with Crippen LogP contribution in [0.3, 0.4) is 0 Å². The number of amides is 1. The van der Waals surface area contributed by atoms with Crippen LogP contribution in [0.5, 0.6) is 11.5 Å². The van der Waals surface area contributed by atoms with Crippen molar-refractivity contribution >= 4 is 6.09 Å². The van der Waals surface area contributed by atoms with Gasteiger partial charge in [-0.05, 0) is 47.4 Å². The molecule has 0 radical (unpaired) electrons. The van der Waals surface area contributed by atoms with E-state index in [1.807, 2.05) is 79.7 Å². The van der Waals surface area contributed by atoms with Crippen molar-refractivity contribution in [1.82, 2.24) is 4.90 Å². The lowest BCUT2D eigenvalue weighted by Gasteiger charge is -2.40. The van der Waals surface area contributed by atoms with Gasteiger partial charge < -0.3 is 34.1 Å². The minimum Gasteiger partial charge on any atom is -0.496 e. The molecule has 0 aliphatic carbocycles. The average molecular weight is 536 g/mol. The molecule has 1 heterocycles. The van der Waals surface area contributed by atoms with Gasteiger partial charge in [-0.1, -0.05) is 54.6 Å². The number of methoxy groups -OCH3 is 1. The first-order valence-electron chi connectivity index (χ1n) is 13.2. The number of ether oxygens (including phenoxy) is 4. The molecule has 3 aromatic carbocycles. The largest absolute Gasteiger partial charge is 0.496 e. The van der Waals surface area contributed by atoms with Crippen molar-refractivity contribution in [2.75, 3.05) is 33.4 Å². The van der Waals surface area contributed by atoms with E-state index in [2.05, 4.69) is 0 Å². The molecule has 39 heavy (non-hydrogen) atoms. The molecule has 1 amide bonds. The van der Waals surface area contributed by atoms with Gasteiger partial charge in [0.25, 0.3) is 0 Å². The fourth-order valence-electron chi connectivity index (χ4n) is 4.88. The summed E-state index contributed by atoms with van der Waals surface area (Å²) in [5, 5.41) is 20.5. The van der Waals surface area contributed by atoms with Crippen LogP contribution in [0.2, 0.25) is 0 Å². The number of benzene rings is 3. The van der Waals surface area contributed by atoms with Crippen LogP contribution in [0.4, 0.5) is 4.79 Å². The highest BCUT2D eigenvalue weighted by atomic mass is 16.5. The molecule has 2 N–H and O–H groups in total. The van der Waals surface area contributed by atoms with Gasteiger partial charge in [0.1, 0.15) is 11.5 Å². The number of β-amino-alcohol motifs (C(OH)–C–C–N with tert-alkyl or cyclic N) is 1. The zero-order valence-electron chi connectivity index (χ0n) is 22.5. The third-order valence-corrected chi connectivity index (χ3v) is 6.90. The fourth-order valence-corrected chi connectivity index (χ4v) is 4.88. The number of aliphatic hydroxyl groups excluding tert-OH is 1. The van der Waals surface area contributed by atoms with Crippen LogP contribution in [0.25, 0.3) is 0 Å². The number of aliphatic hydroxyl groups is 1. The molecule has 3 unspecified atom stereocenters. The van der Waals surface area contributed by atoms with Crippen molar-refractivity contribution in [3.05, 3.63) is 95.1 Å². The lowest BCUT2D eigenvalue weighted by Crippen LogP contribution is -2.53. The van der Waals surface area contributed by atoms with Crippen LogP contribution in [-0.2, 0) is 22.7 Å². The summed E-state index contributed by atoms with van der Waals surface area (Å²) in [4.78, 5) is 12.9. The standard InChI is InChI=1S/C31H37NO7/c1-22-17-24(9-14-28(22)36-2)21-39-29-19-32(31(34)35)18-27(33)30(29)25-10-12-26(13-11-25)38-16-6-15-37-20-23-7-4-3-5-8-23/h3-5,7-14,17,27,29-30,33H,6,15-16,18-21H2,1-2H3,(H,34,35). The molecular weight excluding hydrogens is 498 g/mol. The number of aryl methyl sites for hydroxylation is 1. The predicted octanol–water partition coefficient (Wildman–Crippen LogP) is 5.01. The third kappa shape index (κ3) is 7.95. The second-order valence-electron chi connectivity index (χ2n) is 9.74. The molecule has 1 aliphatic heterocycles. The summed E-state index contributed by atoms with van der Waals surface area (Å²) in [7, 11) is 1.63. The van der Waals surface area contributed by atoms with E-state index in [9.17, 15) is 15.0 Å². The summed E-state index contributed by atoms with van der Waals surface area (Å²) >= 11 is 0. The maximum atomic E-state index is 11.7. The average Bonchev–Trinajstić information content (AvgIpc) is 2.94. The summed E-state index contributed by atoms with van der Waals surface area (Å²) in [5.74, 6) is 1.15. The number of nitrogens with zero attached hydrogens (tertiary/aromatic N) is 1. The molecule has 208 valence electrons. The first-order chi connectivity index (χ1) is 18.9. The molecule has 1 aliphatic rings. The van der Waals surface area contributed by atoms with Crippen molar-refractivity contribution in [1.29, 1.82) is 0 Å². The van der Waals surface area contributed by atoms with Crippen molar-refractivity contribution in [2.24, 2.45) is 0 Å². The molecule has 8 nitrogen and oxygen atoms in total. The Morgan fingerprint density at radius 3 is 2.41 bits per heavy atom. The van der Waals surface area contributed by atoms with E-state index >= 15 is 0 Å². The van der Waals surface area contributed by atoms with Crippen LogP contribution >= 0.6 is 0 Å². The maximum Gasteiger partial charge on any atom is 0.407 e. The van der Waals surface area contributed by atoms with E-state index in [4.69, 9.17) is 18.9 Å². The number of rotatable bonds is 12. The summed E-state index contributed by atoms with van der Waals surface area (Å²) in [6, 6.07) is 23.4. The Hall–Kier alpha value is -3.59. The summed E-state index contributed by atoms with van der Waals surface area (Å²) in [5.41, 5.74) is 3.96. The van der Waals surface area contributed by atoms with Gasteiger partial charge in [-0.3, -0.25) is 0 Å². The van der Waals surface area contributed by atoms with Crippen molar-refractivity contribution < 1.29 is 34.0 Å². The minimum absolute atomic E-state index is 0.0305. The molecule has 0 spiro atoms. The van der Waals surface area contributed by atoms with Gasteiger partial charge in [-0.2, -0.15) is 0 Å². The molecule has 8 heteroatoms. The Balaban J connectivity index is 1.33. The van der Waals surface area contributed by atoms with E-state index in [1.54, 1.807) is 7.11 Å². The Labute approximate surface area is 229 Å². The number of piperidine rings is 1. The van der Waals surface area contributed by atoms with Crippen molar-refractivity contribution in [2.45, 2.75) is 44.7 Å². The van der Waals surface area contributed by atoms with E-state index in [0.717, 1.165) is 40.2 Å². The highest BCUT2D eigenvalue weighted by Gasteiger charge is 2.39. The fraction of sp³-hybridized carbons (Fsp3) is 0.387. The number of carboxylic acid groups (broad SMARTS) is 1. The first-order valence-corrected chi connectivity index (χ1v) is 13.2. The lowest BCUT2D eigenvalue weighted by molar-refractivity contribution is -0.0660. The lowest BCUT2D eigenvalue weighted by atomic mass is 9.84. The Morgan fingerprint density at radius 2 is 1.72 bits per heavy atom. The van der Waals surface area contributed by atoms with Gasteiger partial charge in [0, 0.05) is 12.3 Å². The van der Waals surface area contributed by atoms with Crippen molar-refractivity contribution in [3.63, 3.8) is 0 Å². The number of likely N-dealkylation sites (tertiary alicyclic amines) is 1. The monoisotopic (exact) mass is 535 g/mol. The third-order valence-electron chi connectivity index (χ3n) is 6.90. The van der Waals surface area contributed by atoms with Crippen molar-refractivity contribution in [3.8, 4) is 11.5 Å². The van der Waals surface area contributed by atoms with Crippen LogP contribution in [-0.4, -0.2) is 66.8 Å². The number of carbonyl (C=O) groups is 1. The SMILES string of the molecule is COc1ccc(COC2CN(C(=O)O)CC(O)C2c2ccc(OCCCOCc3ccccc3)cc2)cc1C. The molecule has 0 saturated carbocycles. The van der Waals surface area contributed by atoms with E-state index in [-0.39, 0.29) is 19.0 Å². The molecule has 1 fully saturated rings. The summed E-state index contributed by atoms with van der Waals surface area (Å²) in [6.07, 6.45) is -1.72. The van der Waals surface area contributed by atoms with Gasteiger partial charge in [-0.15, -0.1) is 0 Å². The highest BCUT2D eigenvalue weighted by Crippen LogP contribution is 2.33. The summed E-state index contributed by atoms with van der Waals surface area (Å²) < 4.78 is 23.1. The minimum atomic E-state index is -1.07. The maximum absolute atomic E-state index is 11.7. The van der Waals surface area contributed by atoms with Crippen LogP contribution in [0.15, 0.2) is 72.8 Å². The molecular formula is C31H37NO7. The quantitative estimate of drug-likeness (QED) is 0.315. The van der Waals surface area contributed by atoms with Crippen LogP contribution < -0.4 is 9.47 Å². The molecule has 3 atom stereocenters. The zero-order valence-corrected chi connectivity index (χ0v) is 22.5. The van der Waals surface area contributed by atoms with Gasteiger partial charge in [0.2, 0.25) is 0 Å². The van der Waals surface area contributed by atoms with Gasteiger partial charge in [0.05, 0.1) is 58.8 Å². The summed E-state index contributed by atoms with van der Waals surface area (Å²) in [6.45, 7) is 4.17.